The zero-order valence-electron chi connectivity index (χ0n) is 7.68. The number of hydrogen-bond donors (Lipinski definition) is 0. The average Bonchev–Trinajstić information content (AvgIpc) is 2.55. The van der Waals surface area contributed by atoms with Crippen LogP contribution in [0.2, 0.25) is 0 Å². The van der Waals surface area contributed by atoms with Gasteiger partial charge in [0.15, 0.2) is 0 Å². The highest BCUT2D eigenvalue weighted by molar-refractivity contribution is 5.02. The summed E-state index contributed by atoms with van der Waals surface area (Å²) in [5.74, 6) is 0.397. The molecule has 0 bridgehead atoms. The average molecular weight is 163 g/mol. The second-order valence-corrected chi connectivity index (χ2v) is 4.50. The van der Waals surface area contributed by atoms with Crippen LogP contribution in [0, 0.1) is 22.7 Å². The van der Waals surface area contributed by atoms with E-state index in [1.54, 1.807) is 0 Å². The maximum Gasteiger partial charge on any atom is 0.0661 e. The molecule has 0 aromatic carbocycles. The van der Waals surface area contributed by atoms with Crippen molar-refractivity contribution in [3.8, 4) is 6.07 Å². The van der Waals surface area contributed by atoms with Crippen LogP contribution < -0.4 is 0 Å². The lowest BCUT2D eigenvalue weighted by atomic mass is 9.66. The molecule has 1 unspecified atom stereocenters. The van der Waals surface area contributed by atoms with Gasteiger partial charge in [-0.25, -0.2) is 0 Å². The lowest BCUT2D eigenvalue weighted by Crippen LogP contribution is -2.29. The third-order valence-electron chi connectivity index (χ3n) is 3.91. The standard InChI is InChI=1S/C11H17N/c12-9-10-5-1-2-6-11(10)7-3-4-8-11/h10H,1-8H2. The predicted octanol–water partition coefficient (Wildman–Crippen LogP) is 3.26. The Bertz CT molecular complexity index is 196. The molecule has 2 rings (SSSR count). The van der Waals surface area contributed by atoms with Gasteiger partial charge in [-0.3, -0.25) is 0 Å². The van der Waals surface area contributed by atoms with Crippen molar-refractivity contribution in [3.63, 3.8) is 0 Å². The van der Waals surface area contributed by atoms with Crippen molar-refractivity contribution in [2.75, 3.05) is 0 Å². The van der Waals surface area contributed by atoms with E-state index in [4.69, 9.17) is 5.26 Å². The van der Waals surface area contributed by atoms with Crippen molar-refractivity contribution < 1.29 is 0 Å². The molecule has 1 heteroatoms. The quantitative estimate of drug-likeness (QED) is 0.537. The molecule has 1 spiro atoms. The Labute approximate surface area is 74.8 Å². The van der Waals surface area contributed by atoms with E-state index in [2.05, 4.69) is 6.07 Å². The molecule has 0 aromatic heterocycles. The van der Waals surface area contributed by atoms with E-state index in [0.29, 0.717) is 11.3 Å². The van der Waals surface area contributed by atoms with Crippen LogP contribution in [0.25, 0.3) is 0 Å². The van der Waals surface area contributed by atoms with E-state index in [1.165, 1.54) is 51.4 Å². The van der Waals surface area contributed by atoms with Gasteiger partial charge >= 0.3 is 0 Å². The van der Waals surface area contributed by atoms with Gasteiger partial charge in [-0.05, 0) is 31.1 Å². The summed E-state index contributed by atoms with van der Waals surface area (Å²) in [6.45, 7) is 0. The van der Waals surface area contributed by atoms with E-state index >= 15 is 0 Å². The zero-order chi connectivity index (χ0) is 8.44. The molecule has 0 saturated heterocycles. The van der Waals surface area contributed by atoms with Crippen LogP contribution in [0.1, 0.15) is 51.4 Å². The van der Waals surface area contributed by atoms with Gasteiger partial charge in [0.2, 0.25) is 0 Å². The monoisotopic (exact) mass is 163 g/mol. The number of nitriles is 1. The minimum absolute atomic E-state index is 0.397. The molecule has 2 aliphatic carbocycles. The Hall–Kier alpha value is -0.510. The van der Waals surface area contributed by atoms with Crippen molar-refractivity contribution in [3.05, 3.63) is 0 Å². The molecule has 2 saturated carbocycles. The van der Waals surface area contributed by atoms with Crippen molar-refractivity contribution in [2.24, 2.45) is 11.3 Å². The van der Waals surface area contributed by atoms with Crippen LogP contribution >= 0.6 is 0 Å². The molecule has 1 atom stereocenters. The van der Waals surface area contributed by atoms with Crippen LogP contribution in [0.15, 0.2) is 0 Å². The Morgan fingerprint density at radius 2 is 1.58 bits per heavy atom. The van der Waals surface area contributed by atoms with E-state index in [-0.39, 0.29) is 0 Å². The van der Waals surface area contributed by atoms with Crippen LogP contribution in [-0.4, -0.2) is 0 Å². The summed E-state index contributed by atoms with van der Waals surface area (Å²) in [5.41, 5.74) is 0.479. The van der Waals surface area contributed by atoms with Gasteiger partial charge in [0.05, 0.1) is 12.0 Å². The van der Waals surface area contributed by atoms with Gasteiger partial charge in [-0.15, -0.1) is 0 Å². The third-order valence-corrected chi connectivity index (χ3v) is 3.91. The normalized spacial score (nSPS) is 33.4. The fourth-order valence-electron chi connectivity index (χ4n) is 3.19. The van der Waals surface area contributed by atoms with E-state index < -0.39 is 0 Å². The topological polar surface area (TPSA) is 23.8 Å². The number of hydrogen-bond acceptors (Lipinski definition) is 1. The Kier molecular flexibility index (Phi) is 2.09. The van der Waals surface area contributed by atoms with Crippen molar-refractivity contribution >= 4 is 0 Å². The van der Waals surface area contributed by atoms with Crippen LogP contribution in [0.3, 0.4) is 0 Å². The molecule has 66 valence electrons. The number of nitrogens with zero attached hydrogens (tertiary/aromatic N) is 1. The highest BCUT2D eigenvalue weighted by Crippen LogP contribution is 2.52. The van der Waals surface area contributed by atoms with E-state index in [0.717, 1.165) is 0 Å². The second-order valence-electron chi connectivity index (χ2n) is 4.50. The summed E-state index contributed by atoms with van der Waals surface area (Å²) in [7, 11) is 0. The minimum atomic E-state index is 0.397. The van der Waals surface area contributed by atoms with Crippen molar-refractivity contribution in [2.45, 2.75) is 51.4 Å². The molecule has 12 heavy (non-hydrogen) atoms. The fraction of sp³-hybridized carbons (Fsp3) is 0.909. The Morgan fingerprint density at radius 1 is 1.00 bits per heavy atom. The van der Waals surface area contributed by atoms with Gasteiger partial charge < -0.3 is 0 Å². The van der Waals surface area contributed by atoms with E-state index in [9.17, 15) is 0 Å². The molecular formula is C11H17N. The molecule has 0 heterocycles. The summed E-state index contributed by atoms with van der Waals surface area (Å²) < 4.78 is 0. The van der Waals surface area contributed by atoms with Gasteiger partial charge in [0.25, 0.3) is 0 Å². The fourth-order valence-corrected chi connectivity index (χ4v) is 3.19. The lowest BCUT2D eigenvalue weighted by Gasteiger charge is -2.37. The molecule has 0 amide bonds. The van der Waals surface area contributed by atoms with Crippen LogP contribution in [0.5, 0.6) is 0 Å². The molecule has 0 radical (unpaired) electrons. The first-order chi connectivity index (χ1) is 5.87. The molecule has 2 fully saturated rings. The Balaban J connectivity index is 2.14. The first-order valence-corrected chi connectivity index (χ1v) is 5.27. The first-order valence-electron chi connectivity index (χ1n) is 5.27. The first kappa shape index (κ1) is 8.10. The molecule has 0 aromatic rings. The maximum absolute atomic E-state index is 9.07. The summed E-state index contributed by atoms with van der Waals surface area (Å²) >= 11 is 0. The molecule has 0 N–H and O–H groups in total. The van der Waals surface area contributed by atoms with Gasteiger partial charge in [-0.2, -0.15) is 5.26 Å². The maximum atomic E-state index is 9.07. The smallest absolute Gasteiger partial charge is 0.0661 e. The van der Waals surface area contributed by atoms with E-state index in [1.807, 2.05) is 0 Å². The largest absolute Gasteiger partial charge is 0.198 e. The SMILES string of the molecule is N#CC1CCCCC12CCCC2. The predicted molar refractivity (Wildman–Crippen MR) is 48.5 cm³/mol. The van der Waals surface area contributed by atoms with Gasteiger partial charge in [-0.1, -0.05) is 25.7 Å². The van der Waals surface area contributed by atoms with Crippen molar-refractivity contribution in [1.29, 1.82) is 5.26 Å². The summed E-state index contributed by atoms with van der Waals surface area (Å²) in [6.07, 6.45) is 10.6. The second kappa shape index (κ2) is 3.09. The molecule has 2 aliphatic rings. The highest BCUT2D eigenvalue weighted by atomic mass is 14.5. The van der Waals surface area contributed by atoms with Crippen LogP contribution in [-0.2, 0) is 0 Å². The van der Waals surface area contributed by atoms with Gasteiger partial charge in [0.1, 0.15) is 0 Å². The summed E-state index contributed by atoms with van der Waals surface area (Å²) in [4.78, 5) is 0. The molecule has 1 nitrogen and oxygen atoms in total. The Morgan fingerprint density at radius 3 is 2.17 bits per heavy atom. The molecule has 0 aliphatic heterocycles. The van der Waals surface area contributed by atoms with Crippen LogP contribution in [0.4, 0.5) is 0 Å². The summed E-state index contributed by atoms with van der Waals surface area (Å²) in [6, 6.07) is 2.54. The minimum Gasteiger partial charge on any atom is -0.198 e. The van der Waals surface area contributed by atoms with Crippen molar-refractivity contribution in [1.82, 2.24) is 0 Å². The highest BCUT2D eigenvalue weighted by Gasteiger charge is 2.42. The van der Waals surface area contributed by atoms with Gasteiger partial charge in [0, 0.05) is 0 Å². The number of rotatable bonds is 0. The molecular weight excluding hydrogens is 146 g/mol. The summed E-state index contributed by atoms with van der Waals surface area (Å²) in [5, 5.41) is 9.07. The third kappa shape index (κ3) is 1.14. The lowest BCUT2D eigenvalue weighted by molar-refractivity contribution is 0.141. The zero-order valence-corrected chi connectivity index (χ0v) is 7.68.